The minimum absolute atomic E-state index is 0.166. The van der Waals surface area contributed by atoms with Crippen molar-refractivity contribution in [2.45, 2.75) is 39.8 Å². The molecule has 1 N–H and O–H groups in total. The Morgan fingerprint density at radius 1 is 1.53 bits per heavy atom. The second kappa shape index (κ2) is 5.66. The van der Waals surface area contributed by atoms with Crippen LogP contribution < -0.4 is 10.1 Å². The predicted molar refractivity (Wildman–Crippen MR) is 59.9 cm³/mol. The summed E-state index contributed by atoms with van der Waals surface area (Å²) in [6.45, 7) is 6.85. The number of rotatable bonds is 5. The zero-order valence-corrected chi connectivity index (χ0v) is 9.87. The van der Waals surface area contributed by atoms with Gasteiger partial charge in [-0.05, 0) is 27.3 Å². The molecule has 0 amide bonds. The maximum absolute atomic E-state index is 5.53. The van der Waals surface area contributed by atoms with Gasteiger partial charge in [-0.3, -0.25) is 0 Å². The minimum Gasteiger partial charge on any atom is -0.460 e. The zero-order chi connectivity index (χ0) is 11.3. The third-order valence-electron chi connectivity index (χ3n) is 2.31. The molecule has 84 valence electrons. The quantitative estimate of drug-likeness (QED) is 0.801. The molecule has 0 aliphatic heterocycles. The van der Waals surface area contributed by atoms with E-state index < -0.39 is 0 Å². The Bertz CT molecular complexity index is 315. The first-order valence-corrected chi connectivity index (χ1v) is 5.31. The van der Waals surface area contributed by atoms with Crippen molar-refractivity contribution in [3.63, 3.8) is 0 Å². The van der Waals surface area contributed by atoms with E-state index in [1.165, 1.54) is 0 Å². The summed E-state index contributed by atoms with van der Waals surface area (Å²) >= 11 is 0. The van der Waals surface area contributed by atoms with Gasteiger partial charge in [0.1, 0.15) is 0 Å². The van der Waals surface area contributed by atoms with Crippen molar-refractivity contribution in [2.75, 3.05) is 7.05 Å². The molecule has 0 spiro atoms. The Labute approximate surface area is 91.1 Å². The van der Waals surface area contributed by atoms with E-state index in [2.05, 4.69) is 22.2 Å². The second-order valence-electron chi connectivity index (χ2n) is 3.63. The average Bonchev–Trinajstić information content (AvgIpc) is 2.22. The van der Waals surface area contributed by atoms with Crippen LogP contribution in [0.4, 0.5) is 0 Å². The normalized spacial score (nSPS) is 12.5. The highest BCUT2D eigenvalue weighted by molar-refractivity contribution is 5.17. The Kier molecular flexibility index (Phi) is 4.49. The van der Waals surface area contributed by atoms with E-state index in [1.54, 1.807) is 0 Å². The fourth-order valence-electron chi connectivity index (χ4n) is 1.15. The van der Waals surface area contributed by atoms with Crippen molar-refractivity contribution >= 4 is 0 Å². The Hall–Kier alpha value is -1.16. The number of hydrogen-bond acceptors (Lipinski definition) is 4. The largest absolute Gasteiger partial charge is 0.460 e. The van der Waals surface area contributed by atoms with E-state index in [0.717, 1.165) is 24.2 Å². The molecule has 0 aliphatic carbocycles. The lowest BCUT2D eigenvalue weighted by molar-refractivity contribution is 0.198. The molecule has 0 aromatic carbocycles. The summed E-state index contributed by atoms with van der Waals surface area (Å²) < 4.78 is 5.53. The van der Waals surface area contributed by atoms with E-state index in [1.807, 2.05) is 27.1 Å². The van der Waals surface area contributed by atoms with E-state index >= 15 is 0 Å². The van der Waals surface area contributed by atoms with Gasteiger partial charge < -0.3 is 10.1 Å². The molecule has 1 heterocycles. The summed E-state index contributed by atoms with van der Waals surface area (Å²) in [6, 6.07) is 0.474. The molecular weight excluding hydrogens is 190 g/mol. The van der Waals surface area contributed by atoms with Crippen LogP contribution in [0.15, 0.2) is 6.20 Å². The summed E-state index contributed by atoms with van der Waals surface area (Å²) in [5.41, 5.74) is 2.08. The molecule has 1 rings (SSSR count). The Morgan fingerprint density at radius 2 is 2.27 bits per heavy atom. The number of hydrogen-bond donors (Lipinski definition) is 1. The number of aromatic nitrogens is 2. The third-order valence-corrected chi connectivity index (χ3v) is 2.31. The van der Waals surface area contributed by atoms with Gasteiger partial charge in [0.2, 0.25) is 0 Å². The first kappa shape index (κ1) is 11.9. The first-order valence-electron chi connectivity index (χ1n) is 5.31. The molecule has 1 aromatic heterocycles. The van der Waals surface area contributed by atoms with Crippen molar-refractivity contribution in [1.29, 1.82) is 0 Å². The minimum atomic E-state index is 0.166. The smallest absolute Gasteiger partial charge is 0.316 e. The van der Waals surface area contributed by atoms with Crippen molar-refractivity contribution in [1.82, 2.24) is 15.3 Å². The van der Waals surface area contributed by atoms with Crippen LogP contribution in [-0.4, -0.2) is 23.1 Å². The number of nitrogens with one attached hydrogen (secondary N) is 1. The average molecular weight is 209 g/mol. The molecule has 0 aliphatic rings. The van der Waals surface area contributed by atoms with Crippen LogP contribution in [0.5, 0.6) is 6.01 Å². The molecular formula is C11H19N3O. The van der Waals surface area contributed by atoms with E-state index in [4.69, 9.17) is 4.74 Å². The van der Waals surface area contributed by atoms with Gasteiger partial charge in [0.15, 0.2) is 0 Å². The molecule has 0 bridgehead atoms. The van der Waals surface area contributed by atoms with Gasteiger partial charge in [-0.2, -0.15) is 0 Å². The Balaban J connectivity index is 2.73. The lowest BCUT2D eigenvalue weighted by Crippen LogP contribution is -2.14. The maximum Gasteiger partial charge on any atom is 0.316 e. The highest BCUT2D eigenvalue weighted by Crippen LogP contribution is 2.10. The van der Waals surface area contributed by atoms with Crippen LogP contribution in [0.3, 0.4) is 0 Å². The SMILES string of the molecule is CCC(C)Oc1ncc(CNC)c(C)n1. The van der Waals surface area contributed by atoms with E-state index in [9.17, 15) is 0 Å². The first-order chi connectivity index (χ1) is 7.17. The molecule has 0 saturated carbocycles. The molecule has 4 heteroatoms. The van der Waals surface area contributed by atoms with Gasteiger partial charge in [0.05, 0.1) is 6.10 Å². The molecule has 0 fully saturated rings. The maximum atomic E-state index is 5.53. The van der Waals surface area contributed by atoms with Gasteiger partial charge in [-0.1, -0.05) is 6.92 Å². The van der Waals surface area contributed by atoms with Gasteiger partial charge in [-0.15, -0.1) is 0 Å². The monoisotopic (exact) mass is 209 g/mol. The van der Waals surface area contributed by atoms with Gasteiger partial charge in [-0.25, -0.2) is 9.97 Å². The molecule has 0 saturated heterocycles. The van der Waals surface area contributed by atoms with Crippen molar-refractivity contribution < 1.29 is 4.74 Å². The van der Waals surface area contributed by atoms with Crippen LogP contribution >= 0.6 is 0 Å². The summed E-state index contributed by atoms with van der Waals surface area (Å²) in [5, 5.41) is 3.08. The van der Waals surface area contributed by atoms with Crippen molar-refractivity contribution in [3.8, 4) is 6.01 Å². The number of ether oxygens (including phenoxy) is 1. The highest BCUT2D eigenvalue weighted by Gasteiger charge is 2.06. The topological polar surface area (TPSA) is 47.0 Å². The molecule has 1 atom stereocenters. The standard InChI is InChI=1S/C11H19N3O/c1-5-8(2)15-11-13-7-10(6-12-4)9(3)14-11/h7-8,12H,5-6H2,1-4H3. The third kappa shape index (κ3) is 3.47. The van der Waals surface area contributed by atoms with Gasteiger partial charge in [0, 0.05) is 24.0 Å². The molecule has 1 unspecified atom stereocenters. The fraction of sp³-hybridized carbons (Fsp3) is 0.636. The van der Waals surface area contributed by atoms with Crippen LogP contribution in [0, 0.1) is 6.92 Å². The number of nitrogens with zero attached hydrogens (tertiary/aromatic N) is 2. The zero-order valence-electron chi connectivity index (χ0n) is 9.87. The van der Waals surface area contributed by atoms with Crippen LogP contribution in [0.25, 0.3) is 0 Å². The van der Waals surface area contributed by atoms with Crippen LogP contribution in [0.1, 0.15) is 31.5 Å². The highest BCUT2D eigenvalue weighted by atomic mass is 16.5. The number of aryl methyl sites for hydroxylation is 1. The molecule has 15 heavy (non-hydrogen) atoms. The van der Waals surface area contributed by atoms with Crippen molar-refractivity contribution in [3.05, 3.63) is 17.5 Å². The summed E-state index contributed by atoms with van der Waals surface area (Å²) in [4.78, 5) is 8.48. The predicted octanol–water partition coefficient (Wildman–Crippen LogP) is 1.68. The lowest BCUT2D eigenvalue weighted by Gasteiger charge is -2.11. The summed E-state index contributed by atoms with van der Waals surface area (Å²) in [5.74, 6) is 0. The van der Waals surface area contributed by atoms with E-state index in [-0.39, 0.29) is 6.10 Å². The molecule has 0 radical (unpaired) electrons. The summed E-state index contributed by atoms with van der Waals surface area (Å²) in [6.07, 6.45) is 2.94. The lowest BCUT2D eigenvalue weighted by atomic mass is 10.2. The second-order valence-corrected chi connectivity index (χ2v) is 3.63. The van der Waals surface area contributed by atoms with Crippen LogP contribution in [0.2, 0.25) is 0 Å². The molecule has 4 nitrogen and oxygen atoms in total. The van der Waals surface area contributed by atoms with Gasteiger partial charge >= 0.3 is 6.01 Å². The Morgan fingerprint density at radius 3 is 2.80 bits per heavy atom. The van der Waals surface area contributed by atoms with Gasteiger partial charge in [0.25, 0.3) is 0 Å². The van der Waals surface area contributed by atoms with Crippen LogP contribution in [-0.2, 0) is 6.54 Å². The molecule has 1 aromatic rings. The van der Waals surface area contributed by atoms with Crippen molar-refractivity contribution in [2.24, 2.45) is 0 Å². The fourth-order valence-corrected chi connectivity index (χ4v) is 1.15. The summed E-state index contributed by atoms with van der Waals surface area (Å²) in [7, 11) is 1.91. The van der Waals surface area contributed by atoms with E-state index in [0.29, 0.717) is 6.01 Å².